The molecule has 1 saturated heterocycles. The van der Waals surface area contributed by atoms with E-state index in [2.05, 4.69) is 29.0 Å². The molecular weight excluding hydrogens is 276 g/mol. The summed E-state index contributed by atoms with van der Waals surface area (Å²) in [5.74, 6) is 0.817. The quantitative estimate of drug-likeness (QED) is 0.881. The van der Waals surface area contributed by atoms with Crippen LogP contribution in [0.5, 0.6) is 0 Å². The summed E-state index contributed by atoms with van der Waals surface area (Å²) in [4.78, 5) is 6.70. The number of anilines is 1. The SMILES string of the molecule is CN(C)S(=O)(=O)c1ccc(N2CCNC(C)(C)C2)nc1. The first-order chi connectivity index (χ1) is 9.22. The minimum atomic E-state index is -3.41. The van der Waals surface area contributed by atoms with Crippen LogP contribution in [0.15, 0.2) is 23.2 Å². The molecule has 0 amide bonds. The molecule has 0 bridgehead atoms. The maximum Gasteiger partial charge on any atom is 0.244 e. The van der Waals surface area contributed by atoms with Crippen LogP contribution in [0.2, 0.25) is 0 Å². The van der Waals surface area contributed by atoms with Crippen LogP contribution in [0.25, 0.3) is 0 Å². The van der Waals surface area contributed by atoms with Gasteiger partial charge in [0, 0.05) is 45.5 Å². The molecule has 0 aromatic carbocycles. The standard InChI is InChI=1S/C13H22N4O2S/c1-13(2)10-17(8-7-15-13)12-6-5-11(9-14-12)20(18,19)16(3)4/h5-6,9,15H,7-8,10H2,1-4H3. The molecule has 0 radical (unpaired) electrons. The van der Waals surface area contributed by atoms with Crippen LogP contribution < -0.4 is 10.2 Å². The van der Waals surface area contributed by atoms with Gasteiger partial charge in [0.2, 0.25) is 10.0 Å². The number of hydrogen-bond donors (Lipinski definition) is 1. The number of hydrogen-bond acceptors (Lipinski definition) is 5. The van der Waals surface area contributed by atoms with E-state index in [4.69, 9.17) is 0 Å². The van der Waals surface area contributed by atoms with Crippen molar-refractivity contribution in [3.05, 3.63) is 18.3 Å². The summed E-state index contributed by atoms with van der Waals surface area (Å²) >= 11 is 0. The zero-order chi connectivity index (χ0) is 15.0. The topological polar surface area (TPSA) is 65.5 Å². The Kier molecular flexibility index (Phi) is 4.04. The van der Waals surface area contributed by atoms with Crippen molar-refractivity contribution >= 4 is 15.8 Å². The van der Waals surface area contributed by atoms with Gasteiger partial charge in [-0.05, 0) is 26.0 Å². The first-order valence-electron chi connectivity index (χ1n) is 6.61. The largest absolute Gasteiger partial charge is 0.354 e. The van der Waals surface area contributed by atoms with Crippen molar-refractivity contribution in [2.45, 2.75) is 24.3 Å². The molecule has 0 unspecified atom stereocenters. The Labute approximate surface area is 120 Å². The van der Waals surface area contributed by atoms with Gasteiger partial charge in [0.25, 0.3) is 0 Å². The molecule has 1 N–H and O–H groups in total. The van der Waals surface area contributed by atoms with Crippen LogP contribution in [-0.2, 0) is 10.0 Å². The fourth-order valence-corrected chi connectivity index (χ4v) is 3.11. The van der Waals surface area contributed by atoms with E-state index in [1.54, 1.807) is 12.1 Å². The molecule has 0 spiro atoms. The van der Waals surface area contributed by atoms with E-state index in [9.17, 15) is 8.42 Å². The zero-order valence-corrected chi connectivity index (χ0v) is 13.2. The molecule has 0 saturated carbocycles. The second kappa shape index (κ2) is 5.31. The molecule has 7 heteroatoms. The van der Waals surface area contributed by atoms with E-state index in [-0.39, 0.29) is 10.4 Å². The zero-order valence-electron chi connectivity index (χ0n) is 12.4. The first kappa shape index (κ1) is 15.2. The molecule has 20 heavy (non-hydrogen) atoms. The summed E-state index contributed by atoms with van der Waals surface area (Å²) in [6.07, 6.45) is 1.43. The van der Waals surface area contributed by atoms with E-state index < -0.39 is 10.0 Å². The number of piperazine rings is 1. The summed E-state index contributed by atoms with van der Waals surface area (Å²) in [6, 6.07) is 3.39. The molecule has 1 fully saturated rings. The van der Waals surface area contributed by atoms with E-state index in [0.29, 0.717) is 0 Å². The van der Waals surface area contributed by atoms with Crippen molar-refractivity contribution in [1.29, 1.82) is 0 Å². The molecule has 1 aromatic heterocycles. The highest BCUT2D eigenvalue weighted by Gasteiger charge is 2.26. The summed E-state index contributed by atoms with van der Waals surface area (Å²) in [5, 5.41) is 3.44. The maximum absolute atomic E-state index is 12.0. The molecule has 1 aliphatic heterocycles. The molecule has 1 aromatic rings. The van der Waals surface area contributed by atoms with Crippen molar-refractivity contribution in [3.8, 4) is 0 Å². The molecule has 1 aliphatic rings. The second-order valence-electron chi connectivity index (χ2n) is 5.87. The average Bonchev–Trinajstić information content (AvgIpc) is 2.37. The minimum absolute atomic E-state index is 0.0360. The number of rotatable bonds is 3. The summed E-state index contributed by atoms with van der Waals surface area (Å²) in [5.41, 5.74) is 0.0360. The molecule has 0 aliphatic carbocycles. The normalized spacial score (nSPS) is 19.4. The lowest BCUT2D eigenvalue weighted by molar-refractivity contribution is 0.351. The Balaban J connectivity index is 2.21. The lowest BCUT2D eigenvalue weighted by Gasteiger charge is -2.39. The number of nitrogens with zero attached hydrogens (tertiary/aromatic N) is 3. The Hall–Kier alpha value is -1.18. The monoisotopic (exact) mass is 298 g/mol. The van der Waals surface area contributed by atoms with Crippen LogP contribution in [0.3, 0.4) is 0 Å². The maximum atomic E-state index is 12.0. The van der Waals surface area contributed by atoms with Crippen LogP contribution >= 0.6 is 0 Å². The van der Waals surface area contributed by atoms with Gasteiger partial charge >= 0.3 is 0 Å². The Morgan fingerprint density at radius 2 is 2.05 bits per heavy atom. The van der Waals surface area contributed by atoms with Gasteiger partial charge < -0.3 is 10.2 Å². The molecule has 112 valence electrons. The van der Waals surface area contributed by atoms with Crippen molar-refractivity contribution in [3.63, 3.8) is 0 Å². The Morgan fingerprint density at radius 1 is 1.35 bits per heavy atom. The highest BCUT2D eigenvalue weighted by Crippen LogP contribution is 2.20. The Bertz CT molecular complexity index is 567. The van der Waals surface area contributed by atoms with Crippen molar-refractivity contribution in [2.24, 2.45) is 0 Å². The number of sulfonamides is 1. The third-order valence-corrected chi connectivity index (χ3v) is 5.19. The van der Waals surface area contributed by atoms with Gasteiger partial charge in [0.05, 0.1) is 0 Å². The van der Waals surface area contributed by atoms with Gasteiger partial charge in [-0.15, -0.1) is 0 Å². The van der Waals surface area contributed by atoms with E-state index >= 15 is 0 Å². The van der Waals surface area contributed by atoms with Crippen LogP contribution in [-0.4, -0.2) is 57.0 Å². The molecular formula is C13H22N4O2S. The molecule has 0 atom stereocenters. The lowest BCUT2D eigenvalue weighted by Crippen LogP contribution is -2.57. The van der Waals surface area contributed by atoms with E-state index in [1.807, 2.05) is 0 Å². The van der Waals surface area contributed by atoms with E-state index in [0.717, 1.165) is 25.5 Å². The predicted octanol–water partition coefficient (Wildman–Crippen LogP) is 0.520. The smallest absolute Gasteiger partial charge is 0.244 e. The number of pyridine rings is 1. The minimum Gasteiger partial charge on any atom is -0.354 e. The summed E-state index contributed by atoms with van der Waals surface area (Å²) in [6.45, 7) is 6.90. The van der Waals surface area contributed by atoms with Crippen molar-refractivity contribution in [1.82, 2.24) is 14.6 Å². The van der Waals surface area contributed by atoms with Crippen molar-refractivity contribution in [2.75, 3.05) is 38.6 Å². The van der Waals surface area contributed by atoms with Gasteiger partial charge in [-0.3, -0.25) is 0 Å². The van der Waals surface area contributed by atoms with Gasteiger partial charge in [-0.1, -0.05) is 0 Å². The fraction of sp³-hybridized carbons (Fsp3) is 0.615. The highest BCUT2D eigenvalue weighted by molar-refractivity contribution is 7.89. The summed E-state index contributed by atoms with van der Waals surface area (Å²) in [7, 11) is -0.375. The molecule has 6 nitrogen and oxygen atoms in total. The molecule has 2 heterocycles. The van der Waals surface area contributed by atoms with Gasteiger partial charge in [0.15, 0.2) is 0 Å². The fourth-order valence-electron chi connectivity index (χ4n) is 2.26. The lowest BCUT2D eigenvalue weighted by atomic mass is 10.0. The average molecular weight is 298 g/mol. The number of nitrogens with one attached hydrogen (secondary N) is 1. The van der Waals surface area contributed by atoms with Crippen LogP contribution in [0.4, 0.5) is 5.82 Å². The van der Waals surface area contributed by atoms with Crippen LogP contribution in [0.1, 0.15) is 13.8 Å². The predicted molar refractivity (Wildman–Crippen MR) is 79.4 cm³/mol. The van der Waals surface area contributed by atoms with Gasteiger partial charge in [-0.2, -0.15) is 0 Å². The third kappa shape index (κ3) is 3.11. The summed E-state index contributed by atoms with van der Waals surface area (Å²) < 4.78 is 25.2. The van der Waals surface area contributed by atoms with Crippen LogP contribution in [0, 0.1) is 0 Å². The van der Waals surface area contributed by atoms with E-state index in [1.165, 1.54) is 24.6 Å². The molecule has 2 rings (SSSR count). The third-order valence-electron chi connectivity index (χ3n) is 3.39. The first-order valence-corrected chi connectivity index (χ1v) is 8.05. The van der Waals surface area contributed by atoms with Gasteiger partial charge in [0.1, 0.15) is 10.7 Å². The highest BCUT2D eigenvalue weighted by atomic mass is 32.2. The second-order valence-corrected chi connectivity index (χ2v) is 8.02. The Morgan fingerprint density at radius 3 is 2.55 bits per heavy atom. The van der Waals surface area contributed by atoms with Gasteiger partial charge in [-0.25, -0.2) is 17.7 Å². The van der Waals surface area contributed by atoms with Crippen molar-refractivity contribution < 1.29 is 8.42 Å². The number of aromatic nitrogens is 1.